The Morgan fingerprint density at radius 3 is 2.33 bits per heavy atom. The van der Waals surface area contributed by atoms with E-state index in [0.29, 0.717) is 6.61 Å². The quantitative estimate of drug-likeness (QED) is 0.776. The molecule has 0 radical (unpaired) electrons. The molecule has 0 atom stereocenters. The highest BCUT2D eigenvalue weighted by Crippen LogP contribution is 2.28. The normalized spacial score (nSPS) is 28.7. The van der Waals surface area contributed by atoms with Crippen molar-refractivity contribution in [3.05, 3.63) is 0 Å². The zero-order chi connectivity index (χ0) is 15.3. The van der Waals surface area contributed by atoms with Crippen LogP contribution in [0.5, 0.6) is 0 Å². The van der Waals surface area contributed by atoms with E-state index in [9.17, 15) is 9.59 Å². The van der Waals surface area contributed by atoms with Gasteiger partial charge < -0.3 is 15.8 Å². The van der Waals surface area contributed by atoms with Gasteiger partial charge in [0.2, 0.25) is 5.91 Å². The van der Waals surface area contributed by atoms with Crippen LogP contribution in [0, 0.1) is 5.92 Å². The summed E-state index contributed by atoms with van der Waals surface area (Å²) in [4.78, 5) is 24.1. The Kier molecular flexibility index (Phi) is 5.62. The van der Waals surface area contributed by atoms with Gasteiger partial charge in [0.05, 0.1) is 18.1 Å². The Morgan fingerprint density at radius 2 is 1.76 bits per heavy atom. The van der Waals surface area contributed by atoms with Gasteiger partial charge in [-0.2, -0.15) is 0 Å². The molecule has 0 aromatic heterocycles. The van der Waals surface area contributed by atoms with Gasteiger partial charge in [-0.15, -0.1) is 0 Å². The molecule has 0 aromatic rings. The smallest absolute Gasteiger partial charge is 0.308 e. The Hall–Kier alpha value is -1.10. The van der Waals surface area contributed by atoms with Crippen LogP contribution >= 0.6 is 0 Å². The lowest BCUT2D eigenvalue weighted by Gasteiger charge is -2.35. The van der Waals surface area contributed by atoms with Crippen molar-refractivity contribution in [3.8, 4) is 0 Å². The van der Waals surface area contributed by atoms with Crippen molar-refractivity contribution in [2.75, 3.05) is 6.61 Å². The van der Waals surface area contributed by atoms with Crippen LogP contribution in [-0.2, 0) is 14.3 Å². The summed E-state index contributed by atoms with van der Waals surface area (Å²) in [6, 6.07) is 0.158. The first-order valence-electron chi connectivity index (χ1n) is 8.31. The lowest BCUT2D eigenvalue weighted by molar-refractivity contribution is -0.149. The molecule has 5 nitrogen and oxygen atoms in total. The molecule has 5 heteroatoms. The van der Waals surface area contributed by atoms with E-state index in [4.69, 9.17) is 10.5 Å². The molecule has 0 spiro atoms. The lowest BCUT2D eigenvalue weighted by atomic mass is 9.81. The number of esters is 1. The third-order valence-corrected chi connectivity index (χ3v) is 4.88. The average molecular weight is 296 g/mol. The Balaban J connectivity index is 1.78. The average Bonchev–Trinajstić information content (AvgIpc) is 2.49. The van der Waals surface area contributed by atoms with Crippen LogP contribution in [-0.4, -0.2) is 30.1 Å². The fourth-order valence-electron chi connectivity index (χ4n) is 3.47. The van der Waals surface area contributed by atoms with Crippen LogP contribution in [0.1, 0.15) is 64.7 Å². The number of amides is 1. The van der Waals surface area contributed by atoms with Crippen molar-refractivity contribution < 1.29 is 14.3 Å². The molecular formula is C16H28N2O3. The molecular weight excluding hydrogens is 268 g/mol. The van der Waals surface area contributed by atoms with Crippen LogP contribution in [0.15, 0.2) is 0 Å². The fourth-order valence-corrected chi connectivity index (χ4v) is 3.47. The molecule has 2 aliphatic rings. The predicted octanol–water partition coefficient (Wildman–Crippen LogP) is 1.89. The van der Waals surface area contributed by atoms with Crippen LogP contribution in [0.25, 0.3) is 0 Å². The molecule has 21 heavy (non-hydrogen) atoms. The summed E-state index contributed by atoms with van der Waals surface area (Å²) >= 11 is 0. The van der Waals surface area contributed by atoms with Crippen LogP contribution < -0.4 is 11.1 Å². The van der Waals surface area contributed by atoms with Crippen LogP contribution in [0.2, 0.25) is 0 Å². The molecule has 2 rings (SSSR count). The highest BCUT2D eigenvalue weighted by atomic mass is 16.5. The van der Waals surface area contributed by atoms with E-state index in [1.165, 1.54) is 6.42 Å². The van der Waals surface area contributed by atoms with E-state index in [1.807, 2.05) is 6.92 Å². The maximum absolute atomic E-state index is 12.4. The van der Waals surface area contributed by atoms with Crippen LogP contribution in [0.3, 0.4) is 0 Å². The molecule has 1 amide bonds. The molecule has 120 valence electrons. The summed E-state index contributed by atoms with van der Waals surface area (Å²) in [7, 11) is 0. The van der Waals surface area contributed by atoms with Gasteiger partial charge in [0.15, 0.2) is 0 Å². The summed E-state index contributed by atoms with van der Waals surface area (Å²) in [5, 5.41) is 3.10. The van der Waals surface area contributed by atoms with E-state index in [2.05, 4.69) is 5.32 Å². The molecule has 0 aliphatic heterocycles. The highest BCUT2D eigenvalue weighted by Gasteiger charge is 2.37. The Labute approximate surface area is 127 Å². The van der Waals surface area contributed by atoms with Crippen molar-refractivity contribution in [2.45, 2.75) is 76.3 Å². The summed E-state index contributed by atoms with van der Waals surface area (Å²) in [5.41, 5.74) is 5.58. The second-order valence-corrected chi connectivity index (χ2v) is 6.49. The van der Waals surface area contributed by atoms with E-state index in [1.54, 1.807) is 0 Å². The minimum Gasteiger partial charge on any atom is -0.466 e. The van der Waals surface area contributed by atoms with E-state index in [-0.39, 0.29) is 23.8 Å². The standard InChI is InChI=1S/C16H28N2O3/c1-2-21-14(19)12-6-8-13(9-7-12)18-15(20)16(17)10-4-3-5-11-16/h12-13H,2-11,17H2,1H3,(H,18,20). The summed E-state index contributed by atoms with van der Waals surface area (Å²) in [6.07, 6.45) is 8.10. The maximum atomic E-state index is 12.4. The zero-order valence-corrected chi connectivity index (χ0v) is 13.0. The monoisotopic (exact) mass is 296 g/mol. The number of ether oxygens (including phenoxy) is 1. The molecule has 2 saturated carbocycles. The summed E-state index contributed by atoms with van der Waals surface area (Å²) in [6.45, 7) is 2.26. The molecule has 0 saturated heterocycles. The largest absolute Gasteiger partial charge is 0.466 e. The summed E-state index contributed by atoms with van der Waals surface area (Å²) < 4.78 is 5.06. The van der Waals surface area contributed by atoms with Crippen LogP contribution in [0.4, 0.5) is 0 Å². The van der Waals surface area contributed by atoms with Gasteiger partial charge in [0.25, 0.3) is 0 Å². The van der Waals surface area contributed by atoms with Gasteiger partial charge in [0.1, 0.15) is 0 Å². The molecule has 2 fully saturated rings. The summed E-state index contributed by atoms with van der Waals surface area (Å²) in [5.74, 6) is -0.0914. The number of rotatable bonds is 4. The van der Waals surface area contributed by atoms with E-state index in [0.717, 1.165) is 51.4 Å². The minimum absolute atomic E-state index is 0.000352. The predicted molar refractivity (Wildman–Crippen MR) is 80.5 cm³/mol. The SMILES string of the molecule is CCOC(=O)C1CCC(NC(=O)C2(N)CCCCC2)CC1. The fraction of sp³-hybridized carbons (Fsp3) is 0.875. The number of hydrogen-bond donors (Lipinski definition) is 2. The molecule has 0 aromatic carbocycles. The molecule has 3 N–H and O–H groups in total. The first-order chi connectivity index (χ1) is 10.0. The first kappa shape index (κ1) is 16.3. The van der Waals surface area contributed by atoms with Gasteiger partial charge in [-0.1, -0.05) is 19.3 Å². The lowest BCUT2D eigenvalue weighted by Crippen LogP contribution is -2.57. The van der Waals surface area contributed by atoms with E-state index >= 15 is 0 Å². The van der Waals surface area contributed by atoms with Crippen molar-refractivity contribution in [1.29, 1.82) is 0 Å². The van der Waals surface area contributed by atoms with Gasteiger partial charge in [-0.05, 0) is 45.4 Å². The first-order valence-corrected chi connectivity index (χ1v) is 8.31. The zero-order valence-electron chi connectivity index (χ0n) is 13.0. The van der Waals surface area contributed by atoms with E-state index < -0.39 is 5.54 Å². The van der Waals surface area contributed by atoms with Gasteiger partial charge in [-0.3, -0.25) is 9.59 Å². The Bertz CT molecular complexity index is 370. The second kappa shape index (κ2) is 7.25. The maximum Gasteiger partial charge on any atom is 0.308 e. The number of hydrogen-bond acceptors (Lipinski definition) is 4. The molecule has 0 unspecified atom stereocenters. The topological polar surface area (TPSA) is 81.4 Å². The number of nitrogens with two attached hydrogens (primary N) is 1. The molecule has 0 heterocycles. The second-order valence-electron chi connectivity index (χ2n) is 6.49. The number of carbonyl (C=O) groups is 2. The van der Waals surface area contributed by atoms with Gasteiger partial charge in [0, 0.05) is 6.04 Å². The van der Waals surface area contributed by atoms with Gasteiger partial charge >= 0.3 is 5.97 Å². The third-order valence-electron chi connectivity index (χ3n) is 4.88. The molecule has 2 aliphatic carbocycles. The highest BCUT2D eigenvalue weighted by molar-refractivity contribution is 5.86. The van der Waals surface area contributed by atoms with Crippen molar-refractivity contribution in [3.63, 3.8) is 0 Å². The molecule has 0 bridgehead atoms. The number of carbonyl (C=O) groups excluding carboxylic acids is 2. The minimum atomic E-state index is -0.670. The van der Waals surface area contributed by atoms with Crippen molar-refractivity contribution in [2.24, 2.45) is 11.7 Å². The van der Waals surface area contributed by atoms with Gasteiger partial charge in [-0.25, -0.2) is 0 Å². The van der Waals surface area contributed by atoms with Crippen molar-refractivity contribution >= 4 is 11.9 Å². The Morgan fingerprint density at radius 1 is 1.14 bits per heavy atom. The number of nitrogens with one attached hydrogen (secondary N) is 1. The van der Waals surface area contributed by atoms with Crippen molar-refractivity contribution in [1.82, 2.24) is 5.32 Å². The third kappa shape index (κ3) is 4.19.